The molecule has 0 aliphatic heterocycles. The summed E-state index contributed by atoms with van der Waals surface area (Å²) in [7, 11) is 4.72. The molecule has 0 saturated heterocycles. The molecule has 1 aromatic heterocycles. The van der Waals surface area contributed by atoms with Crippen LogP contribution in [-0.2, 0) is 0 Å². The van der Waals surface area contributed by atoms with Crippen LogP contribution < -0.4 is 24.8 Å². The molecular weight excluding hydrogens is 452 g/mol. The minimum Gasteiger partial charge on any atom is -0.493 e. The molecule has 2 aromatic carbocycles. The highest BCUT2D eigenvalue weighted by Crippen LogP contribution is 2.41. The zero-order chi connectivity index (χ0) is 24.8. The molecule has 184 valence electrons. The normalized spacial score (nSPS) is 11.4. The Kier molecular flexibility index (Phi) is 8.57. The molecular formula is C25H34N4O4S. The van der Waals surface area contributed by atoms with Gasteiger partial charge < -0.3 is 24.8 Å². The van der Waals surface area contributed by atoms with Crippen molar-refractivity contribution in [1.29, 1.82) is 0 Å². The average molecular weight is 487 g/mol. The van der Waals surface area contributed by atoms with Crippen LogP contribution in [0, 0.1) is 0 Å². The second kappa shape index (κ2) is 11.4. The highest BCUT2D eigenvalue weighted by Gasteiger charge is 2.16. The molecule has 0 unspecified atom stereocenters. The van der Waals surface area contributed by atoms with Crippen molar-refractivity contribution in [2.24, 2.45) is 0 Å². The minimum absolute atomic E-state index is 0.0816. The third-order valence-corrected chi connectivity index (χ3v) is 6.48. The number of nitrogens with one attached hydrogen (secondary N) is 2. The number of benzene rings is 2. The van der Waals surface area contributed by atoms with Crippen LogP contribution in [-0.4, -0.2) is 62.3 Å². The Hall–Kier alpha value is -3.04. The van der Waals surface area contributed by atoms with E-state index in [0.29, 0.717) is 46.6 Å². The Morgan fingerprint density at radius 3 is 2.21 bits per heavy atom. The molecule has 1 heterocycles. The van der Waals surface area contributed by atoms with E-state index in [9.17, 15) is 4.79 Å². The number of nitrogens with zero attached hydrogens (tertiary/aromatic N) is 2. The van der Waals surface area contributed by atoms with Crippen molar-refractivity contribution >= 4 is 38.3 Å². The molecule has 0 aliphatic rings. The molecule has 2 N–H and O–H groups in total. The number of carbonyl (C=O) groups is 1. The number of thiazole rings is 1. The minimum atomic E-state index is -0.0816. The van der Waals surface area contributed by atoms with E-state index in [4.69, 9.17) is 14.2 Å². The number of aromatic nitrogens is 1. The van der Waals surface area contributed by atoms with Crippen LogP contribution in [0.1, 0.15) is 38.1 Å². The van der Waals surface area contributed by atoms with E-state index in [1.807, 2.05) is 30.3 Å². The van der Waals surface area contributed by atoms with Gasteiger partial charge in [-0.15, -0.1) is 0 Å². The van der Waals surface area contributed by atoms with Crippen LogP contribution in [0.25, 0.3) is 10.2 Å². The highest BCUT2D eigenvalue weighted by atomic mass is 32.1. The van der Waals surface area contributed by atoms with Crippen LogP contribution in [0.3, 0.4) is 0 Å². The Balaban J connectivity index is 1.72. The summed E-state index contributed by atoms with van der Waals surface area (Å²) in [5.74, 6) is 1.55. The van der Waals surface area contributed by atoms with Gasteiger partial charge in [-0.3, -0.25) is 9.69 Å². The number of methoxy groups -OCH3 is 3. The van der Waals surface area contributed by atoms with Crippen molar-refractivity contribution in [3.05, 3.63) is 35.9 Å². The highest BCUT2D eigenvalue weighted by molar-refractivity contribution is 7.22. The van der Waals surface area contributed by atoms with Crippen LogP contribution in [0.4, 0.5) is 10.8 Å². The molecule has 0 fully saturated rings. The Bertz CT molecular complexity index is 1100. The molecule has 8 nitrogen and oxygen atoms in total. The van der Waals surface area contributed by atoms with Crippen molar-refractivity contribution in [3.8, 4) is 17.2 Å². The molecule has 0 radical (unpaired) electrons. The van der Waals surface area contributed by atoms with Gasteiger partial charge in [0.1, 0.15) is 0 Å². The fourth-order valence-corrected chi connectivity index (χ4v) is 4.83. The lowest BCUT2D eigenvalue weighted by atomic mass is 10.2. The first-order chi connectivity index (χ1) is 16.3. The van der Waals surface area contributed by atoms with Gasteiger partial charge in [0.25, 0.3) is 5.91 Å². The summed E-state index contributed by atoms with van der Waals surface area (Å²) in [6, 6.07) is 10.1. The Morgan fingerprint density at radius 2 is 1.65 bits per heavy atom. The molecule has 34 heavy (non-hydrogen) atoms. The van der Waals surface area contributed by atoms with Gasteiger partial charge in [-0.2, -0.15) is 0 Å². The number of fused-ring (bicyclic) bond motifs is 1. The fourth-order valence-electron chi connectivity index (χ4n) is 3.91. The van der Waals surface area contributed by atoms with Crippen molar-refractivity contribution < 1.29 is 19.0 Å². The topological polar surface area (TPSA) is 85.0 Å². The Labute approximate surface area is 205 Å². The lowest BCUT2D eigenvalue weighted by Crippen LogP contribution is -2.42. The number of hydrogen-bond donors (Lipinski definition) is 2. The van der Waals surface area contributed by atoms with Crippen molar-refractivity contribution in [2.75, 3.05) is 39.7 Å². The summed E-state index contributed by atoms with van der Waals surface area (Å²) < 4.78 is 17.1. The van der Waals surface area contributed by atoms with Gasteiger partial charge in [0.05, 0.1) is 31.5 Å². The zero-order valence-corrected chi connectivity index (χ0v) is 21.7. The third kappa shape index (κ3) is 5.90. The van der Waals surface area contributed by atoms with Crippen LogP contribution in [0.2, 0.25) is 0 Å². The first-order valence-electron chi connectivity index (χ1n) is 11.3. The van der Waals surface area contributed by atoms with E-state index in [-0.39, 0.29) is 5.91 Å². The molecule has 0 saturated carbocycles. The van der Waals surface area contributed by atoms with Crippen LogP contribution in [0.15, 0.2) is 30.3 Å². The number of ether oxygens (including phenoxy) is 3. The summed E-state index contributed by atoms with van der Waals surface area (Å²) in [4.78, 5) is 19.7. The number of carbonyl (C=O) groups excluding carboxylic acids is 1. The third-order valence-electron chi connectivity index (χ3n) is 5.55. The first-order valence-corrected chi connectivity index (χ1v) is 12.1. The van der Waals surface area contributed by atoms with Gasteiger partial charge in [0.15, 0.2) is 16.6 Å². The van der Waals surface area contributed by atoms with E-state index < -0.39 is 0 Å². The van der Waals surface area contributed by atoms with Gasteiger partial charge in [0, 0.05) is 48.6 Å². The van der Waals surface area contributed by atoms with Gasteiger partial charge >= 0.3 is 0 Å². The maximum atomic E-state index is 12.7. The Morgan fingerprint density at radius 1 is 1.00 bits per heavy atom. The van der Waals surface area contributed by atoms with E-state index in [2.05, 4.69) is 48.2 Å². The number of anilines is 2. The van der Waals surface area contributed by atoms with Crippen molar-refractivity contribution in [2.45, 2.75) is 39.8 Å². The zero-order valence-electron chi connectivity index (χ0n) is 20.9. The van der Waals surface area contributed by atoms with Crippen LogP contribution in [0.5, 0.6) is 17.2 Å². The van der Waals surface area contributed by atoms with E-state index in [1.54, 1.807) is 21.3 Å². The van der Waals surface area contributed by atoms with E-state index >= 15 is 0 Å². The summed E-state index contributed by atoms with van der Waals surface area (Å²) in [6.07, 6.45) is 0. The maximum Gasteiger partial charge on any atom is 0.251 e. The monoisotopic (exact) mass is 486 g/mol. The second-order valence-electron chi connectivity index (χ2n) is 8.42. The lowest BCUT2D eigenvalue weighted by Gasteiger charge is -2.30. The molecule has 0 atom stereocenters. The standard InChI is InChI=1S/C25H34N4O4S/c1-15(2)29(16(3)4)11-10-26-24(30)17-8-9-19-22(12-17)34-25(28-19)27-18-13-20(31-5)23(33-7)21(14-18)32-6/h8-9,12-16H,10-11H2,1-7H3,(H,26,30)(H,27,28). The fraction of sp³-hybridized carbons (Fsp3) is 0.440. The first kappa shape index (κ1) is 25.6. The molecule has 3 aromatic rings. The average Bonchev–Trinajstić information content (AvgIpc) is 3.21. The molecule has 0 aliphatic carbocycles. The lowest BCUT2D eigenvalue weighted by molar-refractivity contribution is 0.0939. The number of amides is 1. The summed E-state index contributed by atoms with van der Waals surface area (Å²) in [5, 5.41) is 7.03. The number of rotatable bonds is 11. The maximum absolute atomic E-state index is 12.7. The van der Waals surface area contributed by atoms with Gasteiger partial charge in [-0.05, 0) is 45.9 Å². The predicted octanol–water partition coefficient (Wildman–Crippen LogP) is 4.91. The van der Waals surface area contributed by atoms with Gasteiger partial charge in [-0.25, -0.2) is 4.98 Å². The second-order valence-corrected chi connectivity index (χ2v) is 9.45. The van der Waals surface area contributed by atoms with Gasteiger partial charge in [-0.1, -0.05) is 11.3 Å². The molecule has 0 spiro atoms. The van der Waals surface area contributed by atoms with Crippen molar-refractivity contribution in [3.63, 3.8) is 0 Å². The molecule has 1 amide bonds. The molecule has 3 rings (SSSR count). The van der Waals surface area contributed by atoms with E-state index in [1.165, 1.54) is 11.3 Å². The quantitative estimate of drug-likeness (QED) is 0.398. The summed E-state index contributed by atoms with van der Waals surface area (Å²) >= 11 is 1.47. The molecule has 0 bridgehead atoms. The predicted molar refractivity (Wildman–Crippen MR) is 138 cm³/mol. The van der Waals surface area contributed by atoms with E-state index in [0.717, 1.165) is 22.4 Å². The summed E-state index contributed by atoms with van der Waals surface area (Å²) in [5.41, 5.74) is 2.20. The van der Waals surface area contributed by atoms with Gasteiger partial charge in [0.2, 0.25) is 5.75 Å². The molecule has 9 heteroatoms. The van der Waals surface area contributed by atoms with Crippen molar-refractivity contribution in [1.82, 2.24) is 15.2 Å². The SMILES string of the molecule is COc1cc(Nc2nc3ccc(C(=O)NCCN(C(C)C)C(C)C)cc3s2)cc(OC)c1OC. The summed E-state index contributed by atoms with van der Waals surface area (Å²) in [6.45, 7) is 10.1. The van der Waals surface area contributed by atoms with Crippen LogP contribution >= 0.6 is 11.3 Å². The largest absolute Gasteiger partial charge is 0.493 e. The smallest absolute Gasteiger partial charge is 0.251 e. The number of hydrogen-bond acceptors (Lipinski definition) is 8.